The zero-order chi connectivity index (χ0) is 16.1. The summed E-state index contributed by atoms with van der Waals surface area (Å²) >= 11 is 5.88. The molecule has 112 valence electrons. The summed E-state index contributed by atoms with van der Waals surface area (Å²) < 4.78 is 0. The van der Waals surface area contributed by atoms with Crippen LogP contribution in [0.15, 0.2) is 48.5 Å². The Morgan fingerprint density at radius 3 is 2.73 bits per heavy atom. The maximum absolute atomic E-state index is 11.9. The minimum atomic E-state index is -0.487. The number of carbonyl (C=O) groups excluding carboxylic acids is 1. The lowest BCUT2D eigenvalue weighted by atomic mass is 10.1. The summed E-state index contributed by atoms with van der Waals surface area (Å²) in [5.41, 5.74) is 1.79. The SMILES string of the molecule is Cc1ccc(Cl)cc1NC(=O)C=Cc1ccccc1[N+](=O)[O-]. The fourth-order valence-corrected chi connectivity index (χ4v) is 2.04. The Morgan fingerprint density at radius 1 is 1.27 bits per heavy atom. The first-order valence-electron chi connectivity index (χ1n) is 6.46. The van der Waals surface area contributed by atoms with Crippen LogP contribution in [0.4, 0.5) is 11.4 Å². The van der Waals surface area contributed by atoms with Crippen LogP contribution in [0.25, 0.3) is 6.08 Å². The number of rotatable bonds is 4. The van der Waals surface area contributed by atoms with Crippen molar-refractivity contribution in [3.63, 3.8) is 0 Å². The number of anilines is 1. The van der Waals surface area contributed by atoms with E-state index in [4.69, 9.17) is 11.6 Å². The quantitative estimate of drug-likeness (QED) is 0.521. The van der Waals surface area contributed by atoms with Gasteiger partial charge in [-0.1, -0.05) is 29.8 Å². The van der Waals surface area contributed by atoms with Crippen molar-refractivity contribution in [2.45, 2.75) is 6.92 Å². The zero-order valence-electron chi connectivity index (χ0n) is 11.7. The van der Waals surface area contributed by atoms with Crippen LogP contribution in [0.3, 0.4) is 0 Å². The van der Waals surface area contributed by atoms with Crippen molar-refractivity contribution in [2.75, 3.05) is 5.32 Å². The molecule has 0 aromatic heterocycles. The second kappa shape index (κ2) is 6.87. The second-order valence-electron chi connectivity index (χ2n) is 4.60. The van der Waals surface area contributed by atoms with Gasteiger partial charge in [-0.25, -0.2) is 0 Å². The van der Waals surface area contributed by atoms with Gasteiger partial charge in [0, 0.05) is 22.9 Å². The molecule has 0 radical (unpaired) electrons. The molecule has 0 heterocycles. The monoisotopic (exact) mass is 316 g/mol. The molecule has 2 aromatic carbocycles. The van der Waals surface area contributed by atoms with Gasteiger partial charge in [-0.05, 0) is 36.8 Å². The molecule has 0 aliphatic rings. The number of amides is 1. The summed E-state index contributed by atoms with van der Waals surface area (Å²) in [4.78, 5) is 22.3. The third kappa shape index (κ3) is 3.93. The number of nitro groups is 1. The fourth-order valence-electron chi connectivity index (χ4n) is 1.86. The summed E-state index contributed by atoms with van der Waals surface area (Å²) in [6.07, 6.45) is 2.66. The highest BCUT2D eigenvalue weighted by Crippen LogP contribution is 2.21. The van der Waals surface area contributed by atoms with Crippen LogP contribution in [0.2, 0.25) is 5.02 Å². The van der Waals surface area contributed by atoms with E-state index >= 15 is 0 Å². The molecule has 2 aromatic rings. The number of nitro benzene ring substituents is 1. The first-order chi connectivity index (χ1) is 10.5. The molecule has 2 rings (SSSR count). The lowest BCUT2D eigenvalue weighted by Crippen LogP contribution is -2.08. The highest BCUT2D eigenvalue weighted by molar-refractivity contribution is 6.31. The van der Waals surface area contributed by atoms with Crippen LogP contribution in [0.5, 0.6) is 0 Å². The number of aryl methyl sites for hydroxylation is 1. The molecular formula is C16H13ClN2O3. The van der Waals surface area contributed by atoms with E-state index in [1.54, 1.807) is 36.4 Å². The Hall–Kier alpha value is -2.66. The van der Waals surface area contributed by atoms with Gasteiger partial charge in [-0.2, -0.15) is 0 Å². The van der Waals surface area contributed by atoms with E-state index in [0.717, 1.165) is 5.56 Å². The van der Waals surface area contributed by atoms with Crippen molar-refractivity contribution in [2.24, 2.45) is 0 Å². The van der Waals surface area contributed by atoms with Crippen LogP contribution in [0.1, 0.15) is 11.1 Å². The van der Waals surface area contributed by atoms with Crippen molar-refractivity contribution in [3.8, 4) is 0 Å². The molecule has 5 nitrogen and oxygen atoms in total. The number of hydrogen-bond acceptors (Lipinski definition) is 3. The summed E-state index contributed by atoms with van der Waals surface area (Å²) in [5, 5.41) is 14.1. The van der Waals surface area contributed by atoms with Crippen molar-refractivity contribution in [3.05, 3.63) is 74.8 Å². The Bertz CT molecular complexity index is 757. The third-order valence-electron chi connectivity index (χ3n) is 3.01. The Kier molecular flexibility index (Phi) is 4.91. The third-order valence-corrected chi connectivity index (χ3v) is 3.24. The van der Waals surface area contributed by atoms with Crippen LogP contribution in [-0.2, 0) is 4.79 Å². The van der Waals surface area contributed by atoms with E-state index in [9.17, 15) is 14.9 Å². The van der Waals surface area contributed by atoms with Crippen LogP contribution in [0, 0.1) is 17.0 Å². The normalized spacial score (nSPS) is 10.6. The van der Waals surface area contributed by atoms with Gasteiger partial charge in [0.15, 0.2) is 0 Å². The molecule has 1 N–H and O–H groups in total. The lowest BCUT2D eigenvalue weighted by Gasteiger charge is -2.06. The minimum Gasteiger partial charge on any atom is -0.322 e. The van der Waals surface area contributed by atoms with Crippen molar-refractivity contribution >= 4 is 35.0 Å². The van der Waals surface area contributed by atoms with Gasteiger partial charge in [0.25, 0.3) is 5.69 Å². The standard InChI is InChI=1S/C16H13ClN2O3/c1-11-6-8-13(17)10-14(11)18-16(20)9-7-12-4-2-3-5-15(12)19(21)22/h2-10H,1H3,(H,18,20). The van der Waals surface area contributed by atoms with Gasteiger partial charge in [0.05, 0.1) is 10.5 Å². The summed E-state index contributed by atoms with van der Waals surface area (Å²) in [7, 11) is 0. The molecule has 0 aliphatic carbocycles. The average molecular weight is 317 g/mol. The molecule has 1 amide bonds. The maximum Gasteiger partial charge on any atom is 0.276 e. The van der Waals surface area contributed by atoms with Gasteiger partial charge in [0.1, 0.15) is 0 Å². The van der Waals surface area contributed by atoms with Crippen molar-refractivity contribution in [1.82, 2.24) is 0 Å². The predicted octanol–water partition coefficient (Wildman–Crippen LogP) is 4.21. The van der Waals surface area contributed by atoms with Crippen LogP contribution >= 0.6 is 11.6 Å². The predicted molar refractivity (Wildman–Crippen MR) is 86.9 cm³/mol. The van der Waals surface area contributed by atoms with Crippen LogP contribution < -0.4 is 5.32 Å². The van der Waals surface area contributed by atoms with E-state index in [1.807, 2.05) is 6.92 Å². The van der Waals surface area contributed by atoms with Gasteiger partial charge in [-0.15, -0.1) is 0 Å². The minimum absolute atomic E-state index is 0.0505. The van der Waals surface area contributed by atoms with E-state index < -0.39 is 4.92 Å². The number of halogens is 1. The zero-order valence-corrected chi connectivity index (χ0v) is 12.5. The Morgan fingerprint density at radius 2 is 2.00 bits per heavy atom. The summed E-state index contributed by atoms with van der Waals surface area (Å²) in [6, 6.07) is 11.4. The Labute approximate surface area is 132 Å². The molecular weight excluding hydrogens is 304 g/mol. The van der Waals surface area contributed by atoms with E-state index in [2.05, 4.69) is 5.32 Å². The highest BCUT2D eigenvalue weighted by Gasteiger charge is 2.10. The van der Waals surface area contributed by atoms with Crippen molar-refractivity contribution < 1.29 is 9.72 Å². The van der Waals surface area contributed by atoms with Crippen molar-refractivity contribution in [1.29, 1.82) is 0 Å². The molecule has 0 fully saturated rings. The Balaban J connectivity index is 2.15. The molecule has 0 saturated heterocycles. The number of nitrogens with zero attached hydrogens (tertiary/aromatic N) is 1. The first kappa shape index (κ1) is 15.7. The van der Waals surface area contributed by atoms with E-state index in [0.29, 0.717) is 16.3 Å². The number of carbonyl (C=O) groups is 1. The fraction of sp³-hybridized carbons (Fsp3) is 0.0625. The van der Waals surface area contributed by atoms with Crippen LogP contribution in [-0.4, -0.2) is 10.8 Å². The largest absolute Gasteiger partial charge is 0.322 e. The number of benzene rings is 2. The first-order valence-corrected chi connectivity index (χ1v) is 6.84. The van der Waals surface area contributed by atoms with E-state index in [-0.39, 0.29) is 11.6 Å². The highest BCUT2D eigenvalue weighted by atomic mass is 35.5. The topological polar surface area (TPSA) is 72.2 Å². The summed E-state index contributed by atoms with van der Waals surface area (Å²) in [6.45, 7) is 1.84. The number of para-hydroxylation sites is 1. The van der Waals surface area contributed by atoms with Gasteiger partial charge in [0.2, 0.25) is 5.91 Å². The molecule has 0 atom stereocenters. The number of hydrogen-bond donors (Lipinski definition) is 1. The molecule has 6 heteroatoms. The second-order valence-corrected chi connectivity index (χ2v) is 5.03. The van der Waals surface area contributed by atoms with Gasteiger partial charge in [-0.3, -0.25) is 14.9 Å². The maximum atomic E-state index is 11.9. The molecule has 0 unspecified atom stereocenters. The molecule has 22 heavy (non-hydrogen) atoms. The van der Waals surface area contributed by atoms with E-state index in [1.165, 1.54) is 18.2 Å². The lowest BCUT2D eigenvalue weighted by molar-refractivity contribution is -0.385. The molecule has 0 aliphatic heterocycles. The summed E-state index contributed by atoms with van der Waals surface area (Å²) in [5.74, 6) is -0.386. The number of nitrogens with one attached hydrogen (secondary N) is 1. The molecule has 0 spiro atoms. The molecule has 0 saturated carbocycles. The molecule has 0 bridgehead atoms. The average Bonchev–Trinajstić information content (AvgIpc) is 2.49. The smallest absolute Gasteiger partial charge is 0.276 e. The van der Waals surface area contributed by atoms with Gasteiger partial charge >= 0.3 is 0 Å². The van der Waals surface area contributed by atoms with Gasteiger partial charge < -0.3 is 5.32 Å².